The number of rotatable bonds is 6. The molecule has 0 aliphatic carbocycles. The van der Waals surface area contributed by atoms with Crippen LogP contribution in [0.25, 0.3) is 0 Å². The first-order chi connectivity index (χ1) is 9.72. The molecule has 0 spiro atoms. The first-order valence-electron chi connectivity index (χ1n) is 7.11. The Morgan fingerprint density at radius 3 is 2.55 bits per heavy atom. The van der Waals surface area contributed by atoms with Crippen molar-refractivity contribution in [2.24, 2.45) is 0 Å². The number of nitrogens with one attached hydrogen (secondary N) is 1. The second-order valence-corrected chi connectivity index (χ2v) is 4.70. The van der Waals surface area contributed by atoms with E-state index in [1.165, 1.54) is 0 Å². The third-order valence-corrected chi connectivity index (χ3v) is 3.10. The molecule has 0 aromatic carbocycles. The Kier molecular flexibility index (Phi) is 4.93. The molecule has 0 unspecified atom stereocenters. The topological polar surface area (TPSA) is 41.0 Å². The molecule has 0 atom stereocenters. The van der Waals surface area contributed by atoms with E-state index in [0.717, 1.165) is 42.7 Å². The predicted molar refractivity (Wildman–Crippen MR) is 84.1 cm³/mol. The Bertz CT molecular complexity index is 554. The molecule has 0 aliphatic heterocycles. The van der Waals surface area contributed by atoms with Gasteiger partial charge in [-0.15, -0.1) is 0 Å². The van der Waals surface area contributed by atoms with Gasteiger partial charge >= 0.3 is 0 Å². The van der Waals surface area contributed by atoms with Gasteiger partial charge in [0.25, 0.3) is 0 Å². The molecular weight excluding hydrogens is 248 g/mol. The van der Waals surface area contributed by atoms with Crippen molar-refractivity contribution in [1.29, 1.82) is 0 Å². The summed E-state index contributed by atoms with van der Waals surface area (Å²) >= 11 is 0. The second-order valence-electron chi connectivity index (χ2n) is 4.70. The van der Waals surface area contributed by atoms with Crippen LogP contribution in [0, 0.1) is 6.92 Å². The summed E-state index contributed by atoms with van der Waals surface area (Å²) in [6, 6.07) is 12.2. The Morgan fingerprint density at radius 1 is 1.05 bits per heavy atom. The van der Waals surface area contributed by atoms with E-state index in [0.29, 0.717) is 0 Å². The van der Waals surface area contributed by atoms with E-state index >= 15 is 0 Å². The lowest BCUT2D eigenvalue weighted by atomic mass is 10.3. The van der Waals surface area contributed by atoms with Crippen molar-refractivity contribution in [2.45, 2.75) is 27.3 Å². The lowest BCUT2D eigenvalue weighted by Gasteiger charge is -2.22. The summed E-state index contributed by atoms with van der Waals surface area (Å²) in [5.74, 6) is 1.90. The maximum absolute atomic E-state index is 4.64. The number of nitrogens with zero attached hydrogens (tertiary/aromatic N) is 3. The van der Waals surface area contributed by atoms with Crippen LogP contribution in [0.15, 0.2) is 36.4 Å². The number of hydrogen-bond donors (Lipinski definition) is 1. The highest BCUT2D eigenvalue weighted by Crippen LogP contribution is 2.16. The molecule has 20 heavy (non-hydrogen) atoms. The summed E-state index contributed by atoms with van der Waals surface area (Å²) in [4.78, 5) is 11.4. The number of pyridine rings is 2. The van der Waals surface area contributed by atoms with Gasteiger partial charge in [0, 0.05) is 18.8 Å². The fourth-order valence-electron chi connectivity index (χ4n) is 2.12. The fourth-order valence-corrected chi connectivity index (χ4v) is 2.12. The van der Waals surface area contributed by atoms with Gasteiger partial charge < -0.3 is 10.2 Å². The maximum Gasteiger partial charge on any atom is 0.131 e. The van der Waals surface area contributed by atoms with E-state index in [4.69, 9.17) is 0 Å². The molecule has 0 bridgehead atoms. The highest BCUT2D eigenvalue weighted by atomic mass is 15.2. The summed E-state index contributed by atoms with van der Waals surface area (Å²) in [5, 5.41) is 3.25. The zero-order valence-electron chi connectivity index (χ0n) is 12.4. The number of aryl methyl sites for hydroxylation is 1. The lowest BCUT2D eigenvalue weighted by Crippen LogP contribution is -2.24. The van der Waals surface area contributed by atoms with Gasteiger partial charge in [-0.25, -0.2) is 4.98 Å². The van der Waals surface area contributed by atoms with Crippen LogP contribution in [-0.2, 0) is 6.54 Å². The van der Waals surface area contributed by atoms with Crippen molar-refractivity contribution >= 4 is 11.6 Å². The molecule has 1 N–H and O–H groups in total. The van der Waals surface area contributed by atoms with Gasteiger partial charge in [-0.05, 0) is 45.0 Å². The molecule has 0 radical (unpaired) electrons. The molecular formula is C16H22N4. The maximum atomic E-state index is 4.64. The van der Waals surface area contributed by atoms with Crippen LogP contribution in [0.2, 0.25) is 0 Å². The molecule has 0 amide bonds. The van der Waals surface area contributed by atoms with Crippen LogP contribution in [-0.4, -0.2) is 23.1 Å². The van der Waals surface area contributed by atoms with Crippen molar-refractivity contribution in [1.82, 2.24) is 9.97 Å². The summed E-state index contributed by atoms with van der Waals surface area (Å²) < 4.78 is 0. The van der Waals surface area contributed by atoms with Crippen molar-refractivity contribution in [3.05, 3.63) is 47.8 Å². The van der Waals surface area contributed by atoms with Crippen molar-refractivity contribution in [3.63, 3.8) is 0 Å². The highest BCUT2D eigenvalue weighted by molar-refractivity contribution is 5.47. The van der Waals surface area contributed by atoms with E-state index in [1.807, 2.05) is 37.3 Å². The van der Waals surface area contributed by atoms with Crippen molar-refractivity contribution in [2.75, 3.05) is 23.3 Å². The number of hydrogen-bond acceptors (Lipinski definition) is 4. The van der Waals surface area contributed by atoms with E-state index < -0.39 is 0 Å². The first-order valence-corrected chi connectivity index (χ1v) is 7.11. The smallest absolute Gasteiger partial charge is 0.131 e. The lowest BCUT2D eigenvalue weighted by molar-refractivity contribution is 0.791. The van der Waals surface area contributed by atoms with Crippen LogP contribution in [0.4, 0.5) is 11.6 Å². The summed E-state index contributed by atoms with van der Waals surface area (Å²) in [6.45, 7) is 8.78. The van der Waals surface area contributed by atoms with E-state index in [2.05, 4.69) is 40.1 Å². The van der Waals surface area contributed by atoms with Gasteiger partial charge in [0.15, 0.2) is 0 Å². The van der Waals surface area contributed by atoms with Crippen LogP contribution < -0.4 is 10.2 Å². The molecule has 4 nitrogen and oxygen atoms in total. The fraction of sp³-hybridized carbons (Fsp3) is 0.375. The molecule has 4 heteroatoms. The molecule has 2 aromatic rings. The molecule has 0 saturated carbocycles. The quantitative estimate of drug-likeness (QED) is 0.875. The Labute approximate surface area is 120 Å². The average molecular weight is 270 g/mol. The summed E-state index contributed by atoms with van der Waals surface area (Å²) in [6.07, 6.45) is 0. The zero-order chi connectivity index (χ0) is 14.4. The van der Waals surface area contributed by atoms with Gasteiger partial charge in [0.05, 0.1) is 12.2 Å². The Balaban J connectivity index is 2.17. The highest BCUT2D eigenvalue weighted by Gasteiger charge is 2.08. The van der Waals surface area contributed by atoms with Gasteiger partial charge in [-0.3, -0.25) is 4.98 Å². The minimum absolute atomic E-state index is 0.779. The molecule has 2 heterocycles. The van der Waals surface area contributed by atoms with E-state index in [1.54, 1.807) is 0 Å². The first kappa shape index (κ1) is 14.3. The average Bonchev–Trinajstić information content (AvgIpc) is 2.45. The SMILES string of the molecule is CCNc1cccc(N(CC)Cc2cccc(C)n2)n1. The largest absolute Gasteiger partial charge is 0.370 e. The normalized spacial score (nSPS) is 10.3. The van der Waals surface area contributed by atoms with Crippen molar-refractivity contribution in [3.8, 4) is 0 Å². The molecule has 2 rings (SSSR count). The Hall–Kier alpha value is -2.10. The predicted octanol–water partition coefficient (Wildman–Crippen LogP) is 3.24. The third kappa shape index (κ3) is 3.70. The van der Waals surface area contributed by atoms with E-state index in [9.17, 15) is 0 Å². The standard InChI is InChI=1S/C16H22N4/c1-4-17-15-10-7-11-16(19-15)20(5-2)12-14-9-6-8-13(3)18-14/h6-11H,4-5,12H2,1-3H3,(H,17,19). The minimum Gasteiger partial charge on any atom is -0.370 e. The molecule has 0 fully saturated rings. The summed E-state index contributed by atoms with van der Waals surface area (Å²) in [5.41, 5.74) is 2.12. The monoisotopic (exact) mass is 270 g/mol. The molecule has 106 valence electrons. The van der Waals surface area contributed by atoms with Gasteiger partial charge in [0.2, 0.25) is 0 Å². The van der Waals surface area contributed by atoms with Gasteiger partial charge in [-0.1, -0.05) is 12.1 Å². The van der Waals surface area contributed by atoms with Gasteiger partial charge in [0.1, 0.15) is 11.6 Å². The second kappa shape index (κ2) is 6.89. The Morgan fingerprint density at radius 2 is 1.85 bits per heavy atom. The van der Waals surface area contributed by atoms with Crippen LogP contribution >= 0.6 is 0 Å². The zero-order valence-corrected chi connectivity index (χ0v) is 12.4. The van der Waals surface area contributed by atoms with Crippen LogP contribution in [0.3, 0.4) is 0 Å². The molecule has 0 saturated heterocycles. The molecule has 2 aromatic heterocycles. The molecule has 0 aliphatic rings. The van der Waals surface area contributed by atoms with Gasteiger partial charge in [-0.2, -0.15) is 0 Å². The van der Waals surface area contributed by atoms with E-state index in [-0.39, 0.29) is 0 Å². The van der Waals surface area contributed by atoms with Crippen LogP contribution in [0.1, 0.15) is 25.2 Å². The number of aromatic nitrogens is 2. The minimum atomic E-state index is 0.779. The van der Waals surface area contributed by atoms with Crippen LogP contribution in [0.5, 0.6) is 0 Å². The van der Waals surface area contributed by atoms with Crippen molar-refractivity contribution < 1.29 is 0 Å². The third-order valence-electron chi connectivity index (χ3n) is 3.10. The summed E-state index contributed by atoms with van der Waals surface area (Å²) in [7, 11) is 0. The number of anilines is 2.